The van der Waals surface area contributed by atoms with E-state index in [2.05, 4.69) is 34.6 Å². The molecule has 40 heavy (non-hydrogen) atoms. The van der Waals surface area contributed by atoms with E-state index < -0.39 is 10.9 Å². The van der Waals surface area contributed by atoms with Crippen molar-refractivity contribution in [3.8, 4) is 0 Å². The maximum absolute atomic E-state index is 12.9. The van der Waals surface area contributed by atoms with Gasteiger partial charge in [0, 0.05) is 24.0 Å². The van der Waals surface area contributed by atoms with Crippen LogP contribution in [0.4, 0.5) is 5.69 Å². The summed E-state index contributed by atoms with van der Waals surface area (Å²) in [6.45, 7) is 12.4. The first-order valence-electron chi connectivity index (χ1n) is 16.1. The third-order valence-electron chi connectivity index (χ3n) is 12.8. The highest BCUT2D eigenvalue weighted by Crippen LogP contribution is 2.74. The minimum Gasteiger partial charge on any atom is -0.459 e. The minimum absolute atomic E-state index is 0.0207. The Bertz CT molecular complexity index is 1130. The molecule has 6 rings (SSSR count). The summed E-state index contributed by atoms with van der Waals surface area (Å²) in [6, 6.07) is 5.72. The number of carbonyl (C=O) groups excluding carboxylic acids is 1. The van der Waals surface area contributed by atoms with Crippen molar-refractivity contribution in [2.75, 3.05) is 0 Å². The highest BCUT2D eigenvalue weighted by Gasteiger charge is 2.76. The number of benzene rings is 1. The quantitative estimate of drug-likeness (QED) is 0.140. The molecule has 0 amide bonds. The SMILES string of the molecule is CC(C)CCC[C@H](C)[C@@H]1CC[C@@H]2[C@@H]3C[C@@H]4O[C@@]45C[C@H](OC(=O)c4ccc([N+](=O)[O-])cc4)CC[C@]5(C)[C@@H]3CC[C@]21C. The van der Waals surface area contributed by atoms with Crippen LogP contribution in [-0.4, -0.2) is 28.7 Å². The van der Waals surface area contributed by atoms with Crippen molar-refractivity contribution in [1.29, 1.82) is 0 Å². The van der Waals surface area contributed by atoms with Crippen LogP contribution in [0.25, 0.3) is 0 Å². The molecule has 1 heterocycles. The number of esters is 1. The minimum atomic E-state index is -0.453. The Morgan fingerprint density at radius 3 is 2.50 bits per heavy atom. The van der Waals surface area contributed by atoms with Gasteiger partial charge in [-0.15, -0.1) is 0 Å². The lowest BCUT2D eigenvalue weighted by atomic mass is 9.44. The van der Waals surface area contributed by atoms with Crippen molar-refractivity contribution < 1.29 is 19.2 Å². The lowest BCUT2D eigenvalue weighted by Crippen LogP contribution is -2.59. The van der Waals surface area contributed by atoms with E-state index in [0.717, 1.165) is 48.9 Å². The molecule has 0 N–H and O–H groups in total. The van der Waals surface area contributed by atoms with Crippen LogP contribution in [0.3, 0.4) is 0 Å². The third kappa shape index (κ3) is 4.42. The van der Waals surface area contributed by atoms with Crippen LogP contribution in [0.2, 0.25) is 0 Å². The van der Waals surface area contributed by atoms with Gasteiger partial charge in [-0.05, 0) is 98.0 Å². The first kappa shape index (κ1) is 28.2. The van der Waals surface area contributed by atoms with Crippen molar-refractivity contribution in [1.82, 2.24) is 0 Å². The third-order valence-corrected chi connectivity index (χ3v) is 12.8. The largest absolute Gasteiger partial charge is 0.459 e. The van der Waals surface area contributed by atoms with E-state index in [9.17, 15) is 14.9 Å². The van der Waals surface area contributed by atoms with Gasteiger partial charge in [-0.1, -0.05) is 53.9 Å². The number of nitro benzene ring substituents is 1. The Labute approximate surface area is 240 Å². The molecular formula is C34H49NO5. The van der Waals surface area contributed by atoms with Gasteiger partial charge in [-0.25, -0.2) is 4.79 Å². The first-order valence-corrected chi connectivity index (χ1v) is 16.1. The van der Waals surface area contributed by atoms with E-state index >= 15 is 0 Å². The fourth-order valence-electron chi connectivity index (χ4n) is 10.7. The number of non-ortho nitro benzene ring substituents is 1. The predicted molar refractivity (Wildman–Crippen MR) is 155 cm³/mol. The van der Waals surface area contributed by atoms with Gasteiger partial charge in [0.05, 0.1) is 16.6 Å². The molecular weight excluding hydrogens is 502 g/mol. The molecule has 10 atom stereocenters. The van der Waals surface area contributed by atoms with E-state index in [-0.39, 0.29) is 22.8 Å². The molecule has 0 unspecified atom stereocenters. The fraction of sp³-hybridized carbons (Fsp3) is 0.794. The average molecular weight is 552 g/mol. The molecule has 1 aromatic carbocycles. The van der Waals surface area contributed by atoms with Crippen LogP contribution in [0.5, 0.6) is 0 Å². The average Bonchev–Trinajstić information content (AvgIpc) is 3.49. The van der Waals surface area contributed by atoms with Gasteiger partial charge in [0.25, 0.3) is 5.69 Å². The lowest BCUT2D eigenvalue weighted by Gasteiger charge is -2.59. The van der Waals surface area contributed by atoms with Gasteiger partial charge in [0.15, 0.2) is 0 Å². The van der Waals surface area contributed by atoms with E-state index in [4.69, 9.17) is 9.47 Å². The Morgan fingerprint density at radius 2 is 1.80 bits per heavy atom. The zero-order valence-corrected chi connectivity index (χ0v) is 25.2. The van der Waals surface area contributed by atoms with Crippen LogP contribution >= 0.6 is 0 Å². The summed E-state index contributed by atoms with van der Waals surface area (Å²) >= 11 is 0. The molecule has 1 spiro atoms. The Hall–Kier alpha value is -1.95. The highest BCUT2D eigenvalue weighted by molar-refractivity contribution is 5.89. The van der Waals surface area contributed by atoms with E-state index in [1.807, 2.05) is 0 Å². The van der Waals surface area contributed by atoms with Crippen LogP contribution in [-0.2, 0) is 9.47 Å². The molecule has 4 saturated carbocycles. The Kier molecular flexibility index (Phi) is 7.12. The maximum Gasteiger partial charge on any atom is 0.338 e. The number of epoxide rings is 1. The zero-order chi connectivity index (χ0) is 28.4. The molecule has 6 nitrogen and oxygen atoms in total. The van der Waals surface area contributed by atoms with Crippen LogP contribution in [0.15, 0.2) is 24.3 Å². The lowest BCUT2D eigenvalue weighted by molar-refractivity contribution is -0.384. The van der Waals surface area contributed by atoms with E-state index in [1.54, 1.807) is 0 Å². The smallest absolute Gasteiger partial charge is 0.338 e. The molecule has 5 aliphatic rings. The second-order valence-electron chi connectivity index (χ2n) is 15.1. The van der Waals surface area contributed by atoms with Gasteiger partial charge >= 0.3 is 5.97 Å². The molecule has 1 aliphatic heterocycles. The Balaban J connectivity index is 1.12. The maximum atomic E-state index is 12.9. The summed E-state index contributed by atoms with van der Waals surface area (Å²) in [5, 5.41) is 11.0. The van der Waals surface area contributed by atoms with E-state index in [1.165, 1.54) is 75.6 Å². The molecule has 1 aromatic rings. The van der Waals surface area contributed by atoms with Gasteiger partial charge in [0.1, 0.15) is 11.7 Å². The van der Waals surface area contributed by atoms with Crippen molar-refractivity contribution in [2.45, 2.75) is 123 Å². The molecule has 220 valence electrons. The summed E-state index contributed by atoms with van der Waals surface area (Å²) in [4.78, 5) is 23.4. The normalized spacial score (nSPS) is 42.2. The first-order chi connectivity index (χ1) is 19.0. The van der Waals surface area contributed by atoms with Crippen molar-refractivity contribution in [3.05, 3.63) is 39.9 Å². The monoisotopic (exact) mass is 551 g/mol. The number of fused-ring (bicyclic) bond motifs is 4. The molecule has 5 fully saturated rings. The highest BCUT2D eigenvalue weighted by atomic mass is 16.6. The van der Waals surface area contributed by atoms with Crippen LogP contribution in [0, 0.1) is 56.5 Å². The second kappa shape index (κ2) is 10.1. The summed E-state index contributed by atoms with van der Waals surface area (Å²) in [5.41, 5.74) is 0.824. The van der Waals surface area contributed by atoms with E-state index in [0.29, 0.717) is 23.0 Å². The zero-order valence-electron chi connectivity index (χ0n) is 25.2. The fourth-order valence-corrected chi connectivity index (χ4v) is 10.7. The van der Waals surface area contributed by atoms with Gasteiger partial charge < -0.3 is 9.47 Å². The van der Waals surface area contributed by atoms with Crippen molar-refractivity contribution in [3.63, 3.8) is 0 Å². The van der Waals surface area contributed by atoms with Gasteiger partial charge in [-0.3, -0.25) is 10.1 Å². The number of nitro groups is 1. The predicted octanol–water partition coefficient (Wildman–Crippen LogP) is 8.37. The molecule has 0 bridgehead atoms. The van der Waals surface area contributed by atoms with Crippen molar-refractivity contribution >= 4 is 11.7 Å². The summed E-state index contributed by atoms with van der Waals surface area (Å²) in [6.07, 6.45) is 13.6. The van der Waals surface area contributed by atoms with Gasteiger partial charge in [-0.2, -0.15) is 0 Å². The number of carbonyl (C=O) groups is 1. The molecule has 0 aromatic heterocycles. The van der Waals surface area contributed by atoms with Crippen molar-refractivity contribution in [2.24, 2.45) is 46.3 Å². The van der Waals surface area contributed by atoms with Crippen LogP contribution in [0.1, 0.15) is 116 Å². The number of hydrogen-bond donors (Lipinski definition) is 0. The summed E-state index contributed by atoms with van der Waals surface area (Å²) < 4.78 is 12.7. The number of ether oxygens (including phenoxy) is 2. The molecule has 1 saturated heterocycles. The molecule has 0 radical (unpaired) electrons. The number of hydrogen-bond acceptors (Lipinski definition) is 5. The molecule has 6 heteroatoms. The Morgan fingerprint density at radius 1 is 1.05 bits per heavy atom. The summed E-state index contributed by atoms with van der Waals surface area (Å²) in [7, 11) is 0. The molecule has 4 aliphatic carbocycles. The summed E-state index contributed by atoms with van der Waals surface area (Å²) in [5.74, 6) is 4.38. The standard InChI is InChI=1S/C34H49NO5/c1-21(2)7-6-8-22(3)27-13-14-28-26-19-30-34(40-30)20-25(15-18-33(34,5)29(26)16-17-32(27,28)4)39-31(36)23-9-11-24(12-10-23)35(37)38/h9-12,21-22,25-30H,6-8,13-20H2,1-5H3/t22-,25+,26-,27-,28+,29+,30-,32-,33+,34-/m0/s1. The topological polar surface area (TPSA) is 82.0 Å². The number of nitrogens with zero attached hydrogens (tertiary/aromatic N) is 1. The van der Waals surface area contributed by atoms with Gasteiger partial charge in [0.2, 0.25) is 0 Å². The second-order valence-corrected chi connectivity index (χ2v) is 15.1. The number of rotatable bonds is 8. The van der Waals surface area contributed by atoms with Crippen LogP contribution < -0.4 is 0 Å².